The SMILES string of the molecule is [C-]#[N+]c1ccc(Cn2c(N3CCC[C@H](N)C3)nc3cc([N+]#[C-])ccc32)nc1. The summed E-state index contributed by atoms with van der Waals surface area (Å²) in [6.07, 6.45) is 3.66. The molecule has 0 spiro atoms. The molecule has 1 saturated heterocycles. The molecule has 2 aromatic heterocycles. The third kappa shape index (κ3) is 3.33. The second-order valence-electron chi connectivity index (χ2n) is 6.75. The average Bonchev–Trinajstić information content (AvgIpc) is 3.06. The van der Waals surface area contributed by atoms with Crippen LogP contribution in [0.15, 0.2) is 36.5 Å². The van der Waals surface area contributed by atoms with Crippen LogP contribution < -0.4 is 10.6 Å². The molecule has 0 aliphatic carbocycles. The van der Waals surface area contributed by atoms with Crippen molar-refractivity contribution in [2.75, 3.05) is 18.0 Å². The van der Waals surface area contributed by atoms with Gasteiger partial charge in [0.25, 0.3) is 0 Å². The fraction of sp³-hybridized carbons (Fsp3) is 0.300. The number of aromatic nitrogens is 3. The molecule has 0 amide bonds. The predicted octanol–water partition coefficient (Wildman–Crippen LogP) is 3.51. The summed E-state index contributed by atoms with van der Waals surface area (Å²) in [6.45, 7) is 16.5. The van der Waals surface area contributed by atoms with Gasteiger partial charge in [-0.05, 0) is 31.0 Å². The van der Waals surface area contributed by atoms with E-state index >= 15 is 0 Å². The van der Waals surface area contributed by atoms with Gasteiger partial charge in [-0.25, -0.2) is 14.7 Å². The van der Waals surface area contributed by atoms with Gasteiger partial charge in [0.2, 0.25) is 11.6 Å². The van der Waals surface area contributed by atoms with Crippen LogP contribution in [-0.2, 0) is 6.54 Å². The maximum absolute atomic E-state index is 7.25. The van der Waals surface area contributed by atoms with Crippen molar-refractivity contribution in [3.63, 3.8) is 0 Å². The maximum atomic E-state index is 7.25. The van der Waals surface area contributed by atoms with Crippen LogP contribution in [-0.4, -0.2) is 33.7 Å². The molecule has 1 aromatic carbocycles. The van der Waals surface area contributed by atoms with Crippen LogP contribution in [0.5, 0.6) is 0 Å². The van der Waals surface area contributed by atoms with Gasteiger partial charge in [0.15, 0.2) is 5.69 Å². The van der Waals surface area contributed by atoms with E-state index < -0.39 is 0 Å². The molecular formula is C20H19N7. The Bertz CT molecular complexity index is 1050. The van der Waals surface area contributed by atoms with Crippen LogP contribution in [0.1, 0.15) is 18.5 Å². The number of nitrogens with two attached hydrogens (primary N) is 1. The molecule has 1 aliphatic rings. The number of benzene rings is 1. The molecule has 4 rings (SSSR count). The number of fused-ring (bicyclic) bond motifs is 1. The molecule has 0 saturated carbocycles. The molecule has 3 heterocycles. The van der Waals surface area contributed by atoms with Gasteiger partial charge < -0.3 is 15.2 Å². The summed E-state index contributed by atoms with van der Waals surface area (Å²) in [5.74, 6) is 0.860. The van der Waals surface area contributed by atoms with E-state index in [1.54, 1.807) is 12.3 Å². The van der Waals surface area contributed by atoms with E-state index in [9.17, 15) is 0 Å². The van der Waals surface area contributed by atoms with E-state index in [0.29, 0.717) is 17.9 Å². The Hall–Kier alpha value is -3.42. The normalized spacial score (nSPS) is 16.9. The zero-order valence-corrected chi connectivity index (χ0v) is 14.8. The summed E-state index contributed by atoms with van der Waals surface area (Å²) in [5.41, 5.74) is 9.91. The standard InChI is InChI=1S/C20H19N7/c1-22-15-7-8-19-18(10-15)25-20(26-9-3-4-14(21)12-26)27(19)13-17-6-5-16(23-2)11-24-17/h5-8,10-11,14H,3-4,9,12-13,21H2/t14-/m0/s1. The van der Waals surface area contributed by atoms with E-state index in [2.05, 4.69) is 24.1 Å². The van der Waals surface area contributed by atoms with Gasteiger partial charge in [-0.3, -0.25) is 4.98 Å². The number of anilines is 1. The van der Waals surface area contributed by atoms with Crippen molar-refractivity contribution in [1.82, 2.24) is 14.5 Å². The Balaban J connectivity index is 1.78. The number of rotatable bonds is 3. The second-order valence-corrected chi connectivity index (χ2v) is 6.75. The number of nitrogens with zero attached hydrogens (tertiary/aromatic N) is 6. The zero-order chi connectivity index (χ0) is 18.8. The van der Waals surface area contributed by atoms with Crippen molar-refractivity contribution in [2.24, 2.45) is 5.73 Å². The molecule has 7 heteroatoms. The van der Waals surface area contributed by atoms with Crippen molar-refractivity contribution in [2.45, 2.75) is 25.4 Å². The first-order valence-corrected chi connectivity index (χ1v) is 8.88. The molecule has 1 aliphatic heterocycles. The highest BCUT2D eigenvalue weighted by atomic mass is 15.3. The summed E-state index contributed by atoms with van der Waals surface area (Å²) in [5, 5.41) is 0. The number of hydrogen-bond donors (Lipinski definition) is 1. The van der Waals surface area contributed by atoms with Gasteiger partial charge in [0, 0.05) is 25.3 Å². The Kier molecular flexibility index (Phi) is 4.45. The molecule has 27 heavy (non-hydrogen) atoms. The number of pyridine rings is 1. The number of piperidine rings is 1. The first-order valence-electron chi connectivity index (χ1n) is 8.88. The van der Waals surface area contributed by atoms with Crippen LogP contribution in [0.2, 0.25) is 0 Å². The van der Waals surface area contributed by atoms with Gasteiger partial charge in [-0.2, -0.15) is 0 Å². The number of imidazole rings is 1. The van der Waals surface area contributed by atoms with Gasteiger partial charge in [-0.1, -0.05) is 12.1 Å². The van der Waals surface area contributed by atoms with Gasteiger partial charge >= 0.3 is 0 Å². The number of hydrogen-bond acceptors (Lipinski definition) is 4. The maximum Gasteiger partial charge on any atom is 0.206 e. The second kappa shape index (κ2) is 7.06. The Morgan fingerprint density at radius 2 is 1.96 bits per heavy atom. The monoisotopic (exact) mass is 357 g/mol. The third-order valence-corrected chi connectivity index (χ3v) is 4.84. The lowest BCUT2D eigenvalue weighted by Crippen LogP contribution is -2.44. The molecule has 7 nitrogen and oxygen atoms in total. The van der Waals surface area contributed by atoms with Crippen molar-refractivity contribution in [3.8, 4) is 0 Å². The summed E-state index contributed by atoms with van der Waals surface area (Å²) >= 11 is 0. The van der Waals surface area contributed by atoms with Crippen LogP contribution in [0, 0.1) is 13.1 Å². The fourth-order valence-corrected chi connectivity index (χ4v) is 3.50. The molecule has 1 atom stereocenters. The molecule has 0 unspecified atom stereocenters. The minimum Gasteiger partial charge on any atom is -0.341 e. The quantitative estimate of drug-likeness (QED) is 0.729. The largest absolute Gasteiger partial charge is 0.341 e. The lowest BCUT2D eigenvalue weighted by Gasteiger charge is -2.32. The summed E-state index contributed by atoms with van der Waals surface area (Å²) < 4.78 is 2.13. The Labute approximate surface area is 157 Å². The summed E-state index contributed by atoms with van der Waals surface area (Å²) in [4.78, 5) is 18.4. The highest BCUT2D eigenvalue weighted by Crippen LogP contribution is 2.29. The van der Waals surface area contributed by atoms with E-state index in [0.717, 1.165) is 48.6 Å². The first-order chi connectivity index (χ1) is 13.2. The first kappa shape index (κ1) is 17.0. The molecule has 0 radical (unpaired) electrons. The minimum atomic E-state index is 0.141. The van der Waals surface area contributed by atoms with Crippen molar-refractivity contribution in [3.05, 3.63) is 65.1 Å². The van der Waals surface area contributed by atoms with Crippen LogP contribution in [0.25, 0.3) is 20.7 Å². The van der Waals surface area contributed by atoms with Crippen LogP contribution >= 0.6 is 0 Å². The lowest BCUT2D eigenvalue weighted by molar-refractivity contribution is 0.495. The van der Waals surface area contributed by atoms with Crippen molar-refractivity contribution >= 4 is 28.4 Å². The third-order valence-electron chi connectivity index (χ3n) is 4.84. The van der Waals surface area contributed by atoms with Crippen LogP contribution in [0.3, 0.4) is 0 Å². The zero-order valence-electron chi connectivity index (χ0n) is 14.8. The average molecular weight is 357 g/mol. The molecular weight excluding hydrogens is 338 g/mol. The molecule has 0 bridgehead atoms. The van der Waals surface area contributed by atoms with Gasteiger partial charge in [0.05, 0.1) is 36.4 Å². The van der Waals surface area contributed by atoms with E-state index in [4.69, 9.17) is 23.9 Å². The van der Waals surface area contributed by atoms with Crippen molar-refractivity contribution < 1.29 is 0 Å². The van der Waals surface area contributed by atoms with E-state index in [1.807, 2.05) is 24.3 Å². The summed E-state index contributed by atoms with van der Waals surface area (Å²) in [7, 11) is 0. The molecule has 3 aromatic rings. The molecule has 2 N–H and O–H groups in total. The lowest BCUT2D eigenvalue weighted by atomic mass is 10.1. The van der Waals surface area contributed by atoms with E-state index in [1.165, 1.54) is 0 Å². The highest BCUT2D eigenvalue weighted by Gasteiger charge is 2.23. The van der Waals surface area contributed by atoms with Gasteiger partial charge in [0.1, 0.15) is 0 Å². The molecule has 134 valence electrons. The minimum absolute atomic E-state index is 0.141. The topological polar surface area (TPSA) is 68.7 Å². The van der Waals surface area contributed by atoms with Gasteiger partial charge in [-0.15, -0.1) is 0 Å². The fourth-order valence-electron chi connectivity index (χ4n) is 3.50. The van der Waals surface area contributed by atoms with Crippen LogP contribution in [0.4, 0.5) is 17.3 Å². The van der Waals surface area contributed by atoms with Crippen molar-refractivity contribution in [1.29, 1.82) is 0 Å². The Morgan fingerprint density at radius 3 is 2.67 bits per heavy atom. The smallest absolute Gasteiger partial charge is 0.206 e. The summed E-state index contributed by atoms with van der Waals surface area (Å²) in [6, 6.07) is 9.37. The predicted molar refractivity (Wildman–Crippen MR) is 105 cm³/mol. The Morgan fingerprint density at radius 1 is 1.15 bits per heavy atom. The molecule has 1 fully saturated rings. The van der Waals surface area contributed by atoms with E-state index in [-0.39, 0.29) is 6.04 Å². The highest BCUT2D eigenvalue weighted by molar-refractivity contribution is 5.83.